The third-order valence-corrected chi connectivity index (χ3v) is 4.57. The summed E-state index contributed by atoms with van der Waals surface area (Å²) in [5, 5.41) is 4.69. The van der Waals surface area contributed by atoms with Crippen molar-refractivity contribution in [2.45, 2.75) is 5.03 Å². The summed E-state index contributed by atoms with van der Waals surface area (Å²) in [4.78, 5) is 16.0. The predicted molar refractivity (Wildman–Crippen MR) is 90.1 cm³/mol. The van der Waals surface area contributed by atoms with Gasteiger partial charge in [0.25, 0.3) is 0 Å². The summed E-state index contributed by atoms with van der Waals surface area (Å²) in [7, 11) is 0. The van der Waals surface area contributed by atoms with Gasteiger partial charge in [-0.3, -0.25) is 4.79 Å². The first-order valence-corrected chi connectivity index (χ1v) is 8.15. The Balaban J connectivity index is 2.01. The first kappa shape index (κ1) is 16.7. The van der Waals surface area contributed by atoms with Crippen molar-refractivity contribution >= 4 is 69.8 Å². The average Bonchev–Trinajstić information content (AvgIpc) is 2.42. The molecule has 3 nitrogen and oxygen atoms in total. The van der Waals surface area contributed by atoms with E-state index in [1.54, 1.807) is 18.3 Å². The van der Waals surface area contributed by atoms with Crippen molar-refractivity contribution in [1.29, 1.82) is 0 Å². The molecule has 0 spiro atoms. The molecule has 1 heterocycles. The molecule has 0 fully saturated rings. The minimum absolute atomic E-state index is 0.131. The summed E-state index contributed by atoms with van der Waals surface area (Å²) < 4.78 is 0. The number of nitrogens with zero attached hydrogens (tertiary/aromatic N) is 1. The second-order valence-electron chi connectivity index (χ2n) is 3.87. The van der Waals surface area contributed by atoms with Crippen LogP contribution in [-0.4, -0.2) is 16.6 Å². The molecule has 2 rings (SSSR count). The molecule has 0 saturated heterocycles. The third-order valence-electron chi connectivity index (χ3n) is 2.34. The second-order valence-corrected chi connectivity index (χ2v) is 6.49. The normalized spacial score (nSPS) is 10.5. The number of hydrogen-bond acceptors (Lipinski definition) is 3. The van der Waals surface area contributed by atoms with Gasteiger partial charge in [-0.25, -0.2) is 4.98 Å². The molecule has 0 bridgehead atoms. The van der Waals surface area contributed by atoms with E-state index in [2.05, 4.69) is 10.3 Å². The fraction of sp³-hybridized carbons (Fsp3) is 0.0769. The van der Waals surface area contributed by atoms with Gasteiger partial charge in [-0.2, -0.15) is 0 Å². The lowest BCUT2D eigenvalue weighted by Gasteiger charge is -2.09. The van der Waals surface area contributed by atoms with E-state index < -0.39 is 0 Å². The van der Waals surface area contributed by atoms with E-state index in [1.165, 1.54) is 23.9 Å². The lowest BCUT2D eigenvalue weighted by atomic mass is 10.3. The van der Waals surface area contributed by atoms with Gasteiger partial charge in [-0.15, -0.1) is 0 Å². The smallest absolute Gasteiger partial charge is 0.234 e. The SMILES string of the molecule is O=C(CSc1ncccc1Cl)Nc1c(Cl)cc(Cl)cc1Cl. The van der Waals surface area contributed by atoms with Crippen LogP contribution in [0.2, 0.25) is 20.1 Å². The zero-order valence-corrected chi connectivity index (χ0v) is 14.2. The Kier molecular flexibility index (Phi) is 6.02. The number of carbonyl (C=O) groups excluding carboxylic acids is 1. The van der Waals surface area contributed by atoms with Crippen LogP contribution in [0, 0.1) is 0 Å². The van der Waals surface area contributed by atoms with Crippen molar-refractivity contribution in [3.05, 3.63) is 50.6 Å². The zero-order valence-electron chi connectivity index (χ0n) is 10.4. The van der Waals surface area contributed by atoms with Gasteiger partial charge in [-0.1, -0.05) is 58.2 Å². The van der Waals surface area contributed by atoms with E-state index in [9.17, 15) is 4.79 Å². The highest BCUT2D eigenvalue weighted by molar-refractivity contribution is 8.00. The summed E-state index contributed by atoms with van der Waals surface area (Å²) in [5.41, 5.74) is 0.334. The van der Waals surface area contributed by atoms with E-state index in [4.69, 9.17) is 46.4 Å². The van der Waals surface area contributed by atoms with E-state index in [0.29, 0.717) is 20.8 Å². The predicted octanol–water partition coefficient (Wildman–Crippen LogP) is 5.43. The van der Waals surface area contributed by atoms with Gasteiger partial charge in [0.05, 0.1) is 26.5 Å². The average molecular weight is 382 g/mol. The topological polar surface area (TPSA) is 42.0 Å². The summed E-state index contributed by atoms with van der Waals surface area (Å²) >= 11 is 25.0. The Morgan fingerprint density at radius 3 is 2.43 bits per heavy atom. The molecule has 1 N–H and O–H groups in total. The highest BCUT2D eigenvalue weighted by Crippen LogP contribution is 2.34. The Hall–Kier alpha value is -0.650. The Labute approximate surface area is 145 Å². The molecule has 1 amide bonds. The Bertz CT molecular complexity index is 658. The quantitative estimate of drug-likeness (QED) is 0.718. The molecular weight excluding hydrogens is 374 g/mol. The van der Waals surface area contributed by atoms with Crippen LogP contribution in [0.4, 0.5) is 5.69 Å². The van der Waals surface area contributed by atoms with Crippen molar-refractivity contribution in [3.63, 3.8) is 0 Å². The number of halogens is 4. The summed E-state index contributed by atoms with van der Waals surface area (Å²) in [5.74, 6) is -0.140. The van der Waals surface area contributed by atoms with E-state index in [1.807, 2.05) is 0 Å². The molecule has 1 aromatic carbocycles. The van der Waals surface area contributed by atoms with Gasteiger partial charge in [0.2, 0.25) is 5.91 Å². The number of benzene rings is 1. The van der Waals surface area contributed by atoms with E-state index >= 15 is 0 Å². The minimum Gasteiger partial charge on any atom is -0.323 e. The van der Waals surface area contributed by atoms with E-state index in [-0.39, 0.29) is 21.7 Å². The van der Waals surface area contributed by atoms with Crippen LogP contribution in [0.1, 0.15) is 0 Å². The van der Waals surface area contributed by atoms with Crippen LogP contribution in [-0.2, 0) is 4.79 Å². The number of anilines is 1. The number of pyridine rings is 1. The van der Waals surface area contributed by atoms with Crippen molar-refractivity contribution in [1.82, 2.24) is 4.98 Å². The van der Waals surface area contributed by atoms with Crippen molar-refractivity contribution in [2.24, 2.45) is 0 Å². The monoisotopic (exact) mass is 380 g/mol. The lowest BCUT2D eigenvalue weighted by molar-refractivity contribution is -0.113. The number of hydrogen-bond donors (Lipinski definition) is 1. The van der Waals surface area contributed by atoms with Crippen molar-refractivity contribution in [3.8, 4) is 0 Å². The zero-order chi connectivity index (χ0) is 15.4. The minimum atomic E-state index is -0.271. The summed E-state index contributed by atoms with van der Waals surface area (Å²) in [6.45, 7) is 0. The molecule has 0 saturated carbocycles. The maximum Gasteiger partial charge on any atom is 0.234 e. The Morgan fingerprint density at radius 1 is 1.14 bits per heavy atom. The molecule has 0 radical (unpaired) electrons. The molecule has 110 valence electrons. The largest absolute Gasteiger partial charge is 0.323 e. The molecule has 21 heavy (non-hydrogen) atoms. The lowest BCUT2D eigenvalue weighted by Crippen LogP contribution is -2.14. The van der Waals surface area contributed by atoms with Crippen molar-refractivity contribution < 1.29 is 4.79 Å². The van der Waals surface area contributed by atoms with Crippen LogP contribution in [0.25, 0.3) is 0 Å². The van der Waals surface area contributed by atoms with Gasteiger partial charge < -0.3 is 5.32 Å². The molecule has 1 aromatic heterocycles. The molecule has 0 unspecified atom stereocenters. The van der Waals surface area contributed by atoms with Gasteiger partial charge in [0, 0.05) is 11.2 Å². The summed E-state index contributed by atoms with van der Waals surface area (Å²) in [6.07, 6.45) is 1.61. The fourth-order valence-corrected chi connectivity index (χ4v) is 3.33. The highest BCUT2D eigenvalue weighted by Gasteiger charge is 2.12. The standard InChI is InChI=1S/C13H8Cl4N2OS/c14-7-4-9(16)12(10(17)5-7)19-11(20)6-21-13-8(15)2-1-3-18-13/h1-5H,6H2,(H,19,20). The Morgan fingerprint density at radius 2 is 1.81 bits per heavy atom. The van der Waals surface area contributed by atoms with Crippen LogP contribution >= 0.6 is 58.2 Å². The number of rotatable bonds is 4. The summed E-state index contributed by atoms with van der Waals surface area (Å²) in [6, 6.07) is 6.45. The maximum atomic E-state index is 11.9. The van der Waals surface area contributed by atoms with Crippen LogP contribution < -0.4 is 5.32 Å². The number of amides is 1. The van der Waals surface area contributed by atoms with Crippen LogP contribution in [0.15, 0.2) is 35.5 Å². The molecule has 0 aliphatic carbocycles. The fourth-order valence-electron chi connectivity index (χ4n) is 1.45. The van der Waals surface area contributed by atoms with Gasteiger partial charge >= 0.3 is 0 Å². The molecule has 2 aromatic rings. The molecule has 8 heteroatoms. The van der Waals surface area contributed by atoms with Gasteiger partial charge in [0.15, 0.2) is 0 Å². The number of aromatic nitrogens is 1. The molecule has 0 aliphatic heterocycles. The first-order chi connectivity index (χ1) is 9.97. The van der Waals surface area contributed by atoms with E-state index in [0.717, 1.165) is 0 Å². The molecular formula is C13H8Cl4N2OS. The van der Waals surface area contributed by atoms with Gasteiger partial charge in [-0.05, 0) is 24.3 Å². The molecule has 0 atom stereocenters. The maximum absolute atomic E-state index is 11.9. The highest BCUT2D eigenvalue weighted by atomic mass is 35.5. The van der Waals surface area contributed by atoms with Gasteiger partial charge in [0.1, 0.15) is 5.03 Å². The first-order valence-electron chi connectivity index (χ1n) is 5.65. The van der Waals surface area contributed by atoms with Crippen LogP contribution in [0.5, 0.6) is 0 Å². The number of nitrogens with one attached hydrogen (secondary N) is 1. The van der Waals surface area contributed by atoms with Crippen LogP contribution in [0.3, 0.4) is 0 Å². The number of carbonyl (C=O) groups is 1. The second kappa shape index (κ2) is 7.56. The third kappa shape index (κ3) is 4.66. The van der Waals surface area contributed by atoms with Crippen molar-refractivity contribution in [2.75, 3.05) is 11.1 Å². The number of thioether (sulfide) groups is 1. The molecule has 0 aliphatic rings.